The van der Waals surface area contributed by atoms with Gasteiger partial charge in [0.05, 0.1) is 11.3 Å². The Morgan fingerprint density at radius 2 is 2.21 bits per heavy atom. The minimum Gasteiger partial charge on any atom is -0.505 e. The quantitative estimate of drug-likeness (QED) is 0.781. The third kappa shape index (κ3) is 1.98. The molecular formula is C8H6ClF2NO2. The lowest BCUT2D eigenvalue weighted by molar-refractivity contribution is 0.107. The summed E-state index contributed by atoms with van der Waals surface area (Å²) in [7, 11) is 0. The van der Waals surface area contributed by atoms with Crippen molar-refractivity contribution in [2.45, 2.75) is 13.3 Å². The fourth-order valence-electron chi connectivity index (χ4n) is 0.952. The Hall–Kier alpha value is -1.23. The van der Waals surface area contributed by atoms with Crippen LogP contribution in [0.2, 0.25) is 0 Å². The van der Waals surface area contributed by atoms with E-state index in [0.29, 0.717) is 0 Å². The van der Waals surface area contributed by atoms with Crippen molar-refractivity contribution in [1.82, 2.24) is 4.98 Å². The van der Waals surface area contributed by atoms with Gasteiger partial charge in [-0.1, -0.05) is 0 Å². The minimum absolute atomic E-state index is 0.0493. The Bertz CT molecular complexity index is 382. The molecule has 0 saturated carbocycles. The zero-order valence-electron chi connectivity index (χ0n) is 7.09. The average Bonchev–Trinajstić information content (AvgIpc) is 2.08. The molecule has 1 aromatic heterocycles. The van der Waals surface area contributed by atoms with Crippen LogP contribution in [0.3, 0.4) is 0 Å². The molecule has 0 saturated heterocycles. The standard InChI is InChI=1S/C8H6ClF2NO2/c1-3-6(13)4(7(9)14)2-5(12-3)8(10)11/h2,8,13H,1H3. The first-order valence-corrected chi connectivity index (χ1v) is 3.99. The number of nitrogens with zero attached hydrogens (tertiary/aromatic N) is 1. The normalized spacial score (nSPS) is 10.6. The molecule has 0 amide bonds. The van der Waals surface area contributed by atoms with Crippen molar-refractivity contribution in [3.05, 3.63) is 23.0 Å². The molecule has 6 heteroatoms. The van der Waals surface area contributed by atoms with Gasteiger partial charge in [0.2, 0.25) is 0 Å². The van der Waals surface area contributed by atoms with Crippen LogP contribution in [0.15, 0.2) is 6.07 Å². The van der Waals surface area contributed by atoms with Gasteiger partial charge in [0.25, 0.3) is 11.7 Å². The maximum Gasteiger partial charge on any atom is 0.280 e. The summed E-state index contributed by atoms with van der Waals surface area (Å²) in [4.78, 5) is 14.1. The number of carbonyl (C=O) groups excluding carboxylic acids is 1. The van der Waals surface area contributed by atoms with E-state index < -0.39 is 23.1 Å². The van der Waals surface area contributed by atoms with E-state index in [0.717, 1.165) is 6.07 Å². The molecule has 1 aromatic rings. The minimum atomic E-state index is -2.80. The van der Waals surface area contributed by atoms with E-state index in [1.165, 1.54) is 6.92 Å². The molecule has 0 aromatic carbocycles. The molecule has 0 unspecified atom stereocenters. The van der Waals surface area contributed by atoms with Gasteiger partial charge in [0.1, 0.15) is 11.4 Å². The van der Waals surface area contributed by atoms with Gasteiger partial charge >= 0.3 is 0 Å². The molecule has 3 nitrogen and oxygen atoms in total. The summed E-state index contributed by atoms with van der Waals surface area (Å²) in [6.45, 7) is 1.31. The fourth-order valence-corrected chi connectivity index (χ4v) is 1.10. The largest absolute Gasteiger partial charge is 0.505 e. The molecular weight excluding hydrogens is 216 g/mol. The number of aryl methyl sites for hydroxylation is 1. The molecule has 0 aliphatic carbocycles. The van der Waals surface area contributed by atoms with Crippen LogP contribution >= 0.6 is 11.6 Å². The number of halogens is 3. The molecule has 1 heterocycles. The van der Waals surface area contributed by atoms with Crippen LogP contribution < -0.4 is 0 Å². The predicted octanol–water partition coefficient (Wildman–Crippen LogP) is 2.41. The maximum absolute atomic E-state index is 12.2. The summed E-state index contributed by atoms with van der Waals surface area (Å²) >= 11 is 5.09. The molecule has 1 N–H and O–H groups in total. The summed E-state index contributed by atoms with van der Waals surface area (Å²) in [5.74, 6) is -0.464. The van der Waals surface area contributed by atoms with Gasteiger partial charge in [-0.2, -0.15) is 0 Å². The molecule has 14 heavy (non-hydrogen) atoms. The van der Waals surface area contributed by atoms with E-state index in [2.05, 4.69) is 4.98 Å². The van der Waals surface area contributed by atoms with E-state index in [-0.39, 0.29) is 11.3 Å². The van der Waals surface area contributed by atoms with Gasteiger partial charge in [-0.15, -0.1) is 0 Å². The molecule has 0 radical (unpaired) electrons. The smallest absolute Gasteiger partial charge is 0.280 e. The van der Waals surface area contributed by atoms with Crippen molar-refractivity contribution in [1.29, 1.82) is 0 Å². The first-order chi connectivity index (χ1) is 6.43. The first kappa shape index (κ1) is 10.8. The second kappa shape index (κ2) is 3.88. The maximum atomic E-state index is 12.2. The fraction of sp³-hybridized carbons (Fsp3) is 0.250. The number of aromatic nitrogens is 1. The van der Waals surface area contributed by atoms with Gasteiger partial charge in [-0.3, -0.25) is 4.79 Å². The van der Waals surface area contributed by atoms with E-state index in [4.69, 9.17) is 11.6 Å². The SMILES string of the molecule is Cc1nc(C(F)F)cc(C(=O)Cl)c1O. The number of hydrogen-bond donors (Lipinski definition) is 1. The lowest BCUT2D eigenvalue weighted by Crippen LogP contribution is -1.99. The van der Waals surface area contributed by atoms with Gasteiger partial charge in [-0.25, -0.2) is 13.8 Å². The van der Waals surface area contributed by atoms with Gasteiger partial charge in [0, 0.05) is 0 Å². The van der Waals surface area contributed by atoms with Crippen molar-refractivity contribution in [3.8, 4) is 5.75 Å². The summed E-state index contributed by atoms with van der Waals surface area (Å²) in [6, 6.07) is 0.780. The Morgan fingerprint density at radius 1 is 1.64 bits per heavy atom. The number of carbonyl (C=O) groups is 1. The molecule has 1 rings (SSSR count). The lowest BCUT2D eigenvalue weighted by atomic mass is 10.2. The van der Waals surface area contributed by atoms with Crippen LogP contribution in [-0.2, 0) is 0 Å². The predicted molar refractivity (Wildman–Crippen MR) is 45.8 cm³/mol. The third-order valence-electron chi connectivity index (χ3n) is 1.62. The topological polar surface area (TPSA) is 50.2 Å². The average molecular weight is 222 g/mol. The second-order valence-electron chi connectivity index (χ2n) is 2.60. The number of hydrogen-bond acceptors (Lipinski definition) is 3. The van der Waals surface area contributed by atoms with Crippen LogP contribution in [0.5, 0.6) is 5.75 Å². The van der Waals surface area contributed by atoms with Gasteiger partial charge in [0.15, 0.2) is 0 Å². The highest BCUT2D eigenvalue weighted by Gasteiger charge is 2.18. The zero-order valence-corrected chi connectivity index (χ0v) is 7.85. The Balaban J connectivity index is 3.35. The number of alkyl halides is 2. The van der Waals surface area contributed by atoms with E-state index in [9.17, 15) is 18.7 Å². The first-order valence-electron chi connectivity index (χ1n) is 3.62. The molecule has 0 aliphatic rings. The van der Waals surface area contributed by atoms with Crippen molar-refractivity contribution >= 4 is 16.8 Å². The van der Waals surface area contributed by atoms with Gasteiger partial charge < -0.3 is 5.11 Å². The van der Waals surface area contributed by atoms with Crippen molar-refractivity contribution in [2.24, 2.45) is 0 Å². The zero-order chi connectivity index (χ0) is 10.9. The molecule has 0 spiro atoms. The molecule has 76 valence electrons. The van der Waals surface area contributed by atoms with E-state index in [1.54, 1.807) is 0 Å². The van der Waals surface area contributed by atoms with Gasteiger partial charge in [-0.05, 0) is 24.6 Å². The number of aromatic hydroxyl groups is 1. The van der Waals surface area contributed by atoms with Crippen LogP contribution in [0, 0.1) is 6.92 Å². The molecule has 0 atom stereocenters. The summed E-state index contributed by atoms with van der Waals surface area (Å²) in [5.41, 5.74) is -0.981. The van der Waals surface area contributed by atoms with Crippen molar-refractivity contribution < 1.29 is 18.7 Å². The van der Waals surface area contributed by atoms with Crippen LogP contribution in [0.4, 0.5) is 8.78 Å². The summed E-state index contributed by atoms with van der Waals surface area (Å²) in [6.07, 6.45) is -2.80. The van der Waals surface area contributed by atoms with Crippen LogP contribution in [-0.4, -0.2) is 15.3 Å². The van der Waals surface area contributed by atoms with E-state index in [1.807, 2.05) is 0 Å². The Kier molecular flexibility index (Phi) is 3.00. The summed E-state index contributed by atoms with van der Waals surface area (Å²) < 4.78 is 24.4. The Morgan fingerprint density at radius 3 is 2.64 bits per heavy atom. The third-order valence-corrected chi connectivity index (χ3v) is 1.83. The van der Waals surface area contributed by atoms with Crippen molar-refractivity contribution in [3.63, 3.8) is 0 Å². The van der Waals surface area contributed by atoms with Crippen LogP contribution in [0.25, 0.3) is 0 Å². The van der Waals surface area contributed by atoms with Crippen molar-refractivity contribution in [2.75, 3.05) is 0 Å². The number of rotatable bonds is 2. The number of pyridine rings is 1. The monoisotopic (exact) mass is 221 g/mol. The highest BCUT2D eigenvalue weighted by atomic mass is 35.5. The molecule has 0 fully saturated rings. The molecule has 0 aliphatic heterocycles. The highest BCUT2D eigenvalue weighted by Crippen LogP contribution is 2.27. The van der Waals surface area contributed by atoms with Crippen LogP contribution in [0.1, 0.15) is 28.2 Å². The van der Waals surface area contributed by atoms with E-state index >= 15 is 0 Å². The second-order valence-corrected chi connectivity index (χ2v) is 2.95. The lowest BCUT2D eigenvalue weighted by Gasteiger charge is -2.05. The molecule has 0 bridgehead atoms. The Labute approximate surface area is 83.3 Å². The summed E-state index contributed by atoms with van der Waals surface area (Å²) in [5, 5.41) is 8.27. The highest BCUT2D eigenvalue weighted by molar-refractivity contribution is 6.68.